The summed E-state index contributed by atoms with van der Waals surface area (Å²) in [6.07, 6.45) is 1.75. The SMILES string of the molecule is [2H]C([2H])([2H])c1ccc(-c2ccnc(-c3cc(-c4ccccc4)cc(-c4cccc5c4nc(-c4ccccc4O)n5-c4ccc(-c5cc(C(C)C)cc(C([2H])(C)C)c5)cc4C([2H])([2H])[2H])c3)c2)cc1. The third-order valence-electron chi connectivity index (χ3n) is 11.2. The smallest absolute Gasteiger partial charge is 0.149 e. The molecule has 1 N–H and O–H groups in total. The molecule has 9 aromatic rings. The zero-order chi connectivity index (χ0) is 47.4. The fraction of sp³-hybridized carbons (Fsp3) is 0.143. The Morgan fingerprint density at radius 3 is 2.00 bits per heavy atom. The molecule has 4 nitrogen and oxygen atoms in total. The van der Waals surface area contributed by atoms with E-state index in [0.29, 0.717) is 39.4 Å². The molecule has 0 amide bonds. The molecule has 0 fully saturated rings. The molecular formula is C56H49N3O. The second-order valence-electron chi connectivity index (χ2n) is 15.9. The lowest BCUT2D eigenvalue weighted by atomic mass is 9.90. The van der Waals surface area contributed by atoms with Crippen molar-refractivity contribution in [3.63, 3.8) is 0 Å². The summed E-state index contributed by atoms with van der Waals surface area (Å²) in [5, 5.41) is 11.4. The first-order chi connectivity index (χ1) is 31.8. The fourth-order valence-corrected chi connectivity index (χ4v) is 7.93. The highest BCUT2D eigenvalue weighted by molar-refractivity contribution is 5.98. The largest absolute Gasteiger partial charge is 0.507 e. The second-order valence-corrected chi connectivity index (χ2v) is 15.9. The molecule has 2 heterocycles. The highest BCUT2D eigenvalue weighted by Crippen LogP contribution is 2.41. The van der Waals surface area contributed by atoms with E-state index < -0.39 is 19.6 Å². The lowest BCUT2D eigenvalue weighted by Crippen LogP contribution is -2.01. The van der Waals surface area contributed by atoms with Crippen molar-refractivity contribution in [2.45, 2.75) is 53.2 Å². The van der Waals surface area contributed by atoms with Gasteiger partial charge in [0.2, 0.25) is 0 Å². The number of nitrogens with zero attached hydrogens (tertiary/aromatic N) is 3. The van der Waals surface area contributed by atoms with E-state index >= 15 is 0 Å². The summed E-state index contributed by atoms with van der Waals surface area (Å²) >= 11 is 0. The summed E-state index contributed by atoms with van der Waals surface area (Å²) in [6.45, 7) is 3.16. The van der Waals surface area contributed by atoms with Gasteiger partial charge >= 0.3 is 0 Å². The molecule has 0 radical (unpaired) electrons. The molecule has 0 atom stereocenters. The van der Waals surface area contributed by atoms with E-state index in [-0.39, 0.29) is 22.8 Å². The summed E-state index contributed by atoms with van der Waals surface area (Å²) in [7, 11) is 0. The van der Waals surface area contributed by atoms with Crippen molar-refractivity contribution in [3.8, 4) is 78.6 Å². The van der Waals surface area contributed by atoms with Crippen LogP contribution in [0.25, 0.3) is 83.9 Å². The maximum Gasteiger partial charge on any atom is 0.149 e. The van der Waals surface area contributed by atoms with E-state index in [2.05, 4.69) is 56.3 Å². The second kappa shape index (κ2) is 16.0. The number of hydrogen-bond acceptors (Lipinski definition) is 3. The molecule has 2 aromatic heterocycles. The number of phenolic OH excluding ortho intramolecular Hbond substituents is 1. The molecule has 0 saturated carbocycles. The minimum Gasteiger partial charge on any atom is -0.507 e. The number of aryl methyl sites for hydroxylation is 2. The van der Waals surface area contributed by atoms with E-state index in [1.54, 1.807) is 42.6 Å². The Morgan fingerprint density at radius 1 is 0.550 bits per heavy atom. The number of hydrogen-bond donors (Lipinski definition) is 1. The molecule has 0 bridgehead atoms. The summed E-state index contributed by atoms with van der Waals surface area (Å²) in [4.78, 5) is 10.1. The quantitative estimate of drug-likeness (QED) is 0.159. The van der Waals surface area contributed by atoms with Crippen LogP contribution in [0.5, 0.6) is 5.75 Å². The molecule has 0 aliphatic carbocycles. The first kappa shape index (κ1) is 31.0. The summed E-state index contributed by atoms with van der Waals surface area (Å²) in [6, 6.07) is 51.6. The Bertz CT molecular complexity index is 3290. The van der Waals surface area contributed by atoms with Gasteiger partial charge in [-0.2, -0.15) is 0 Å². The van der Waals surface area contributed by atoms with E-state index in [1.807, 2.05) is 103 Å². The number of imidazole rings is 1. The van der Waals surface area contributed by atoms with Crippen molar-refractivity contribution in [1.82, 2.24) is 14.5 Å². The van der Waals surface area contributed by atoms with Gasteiger partial charge in [0.1, 0.15) is 11.6 Å². The van der Waals surface area contributed by atoms with Gasteiger partial charge in [-0.1, -0.05) is 136 Å². The van der Waals surface area contributed by atoms with Crippen LogP contribution in [0.15, 0.2) is 170 Å². The normalized spacial score (nSPS) is 13.8. The van der Waals surface area contributed by atoms with Crippen LogP contribution in [0.3, 0.4) is 0 Å². The monoisotopic (exact) mass is 786 g/mol. The van der Waals surface area contributed by atoms with Gasteiger partial charge < -0.3 is 5.11 Å². The van der Waals surface area contributed by atoms with Crippen LogP contribution in [0.1, 0.15) is 71.4 Å². The number of phenols is 1. The minimum absolute atomic E-state index is 0.00365. The Kier molecular flexibility index (Phi) is 8.23. The average molecular weight is 787 g/mol. The molecule has 0 spiro atoms. The zero-order valence-electron chi connectivity index (χ0n) is 41.0. The number of pyridine rings is 1. The molecular weight excluding hydrogens is 731 g/mol. The molecule has 294 valence electrons. The van der Waals surface area contributed by atoms with Gasteiger partial charge in [-0.3, -0.25) is 9.55 Å². The van der Waals surface area contributed by atoms with Crippen molar-refractivity contribution >= 4 is 11.0 Å². The lowest BCUT2D eigenvalue weighted by Gasteiger charge is -2.17. The molecule has 9 rings (SSSR count). The Morgan fingerprint density at radius 2 is 1.23 bits per heavy atom. The zero-order valence-corrected chi connectivity index (χ0v) is 34.0. The number of aromatic nitrogens is 3. The Hall–Kier alpha value is -7.04. The molecule has 0 aliphatic rings. The summed E-state index contributed by atoms with van der Waals surface area (Å²) < 4.78 is 61.0. The van der Waals surface area contributed by atoms with Crippen LogP contribution >= 0.6 is 0 Å². The van der Waals surface area contributed by atoms with Crippen molar-refractivity contribution in [2.75, 3.05) is 0 Å². The lowest BCUT2D eigenvalue weighted by molar-refractivity contribution is 0.477. The third kappa shape index (κ3) is 7.42. The van der Waals surface area contributed by atoms with E-state index in [4.69, 9.17) is 19.6 Å². The first-order valence-electron chi connectivity index (χ1n) is 23.7. The molecule has 0 aliphatic heterocycles. The third-order valence-corrected chi connectivity index (χ3v) is 11.2. The van der Waals surface area contributed by atoms with Crippen molar-refractivity contribution in [3.05, 3.63) is 192 Å². The van der Waals surface area contributed by atoms with E-state index in [9.17, 15) is 5.11 Å². The Balaban J connectivity index is 1.26. The van der Waals surface area contributed by atoms with Gasteiger partial charge in [0.25, 0.3) is 0 Å². The van der Waals surface area contributed by atoms with Crippen LogP contribution in [0.2, 0.25) is 0 Å². The maximum absolute atomic E-state index is 11.4. The van der Waals surface area contributed by atoms with Gasteiger partial charge in [-0.05, 0) is 142 Å². The predicted molar refractivity (Wildman–Crippen MR) is 251 cm³/mol. The minimum atomic E-state index is -2.55. The fourth-order valence-electron chi connectivity index (χ4n) is 7.93. The molecule has 0 saturated heterocycles. The topological polar surface area (TPSA) is 50.9 Å². The number of benzene rings is 7. The Labute approximate surface area is 363 Å². The number of aromatic hydroxyl groups is 1. The van der Waals surface area contributed by atoms with Crippen LogP contribution in [0.4, 0.5) is 0 Å². The van der Waals surface area contributed by atoms with Gasteiger partial charge in [0.05, 0.1) is 28.0 Å². The maximum atomic E-state index is 11.4. The van der Waals surface area contributed by atoms with Gasteiger partial charge in [-0.25, -0.2) is 4.98 Å². The number of rotatable bonds is 9. The van der Waals surface area contributed by atoms with Crippen LogP contribution in [-0.4, -0.2) is 19.6 Å². The predicted octanol–water partition coefficient (Wildman–Crippen LogP) is 15.0. The summed E-state index contributed by atoms with van der Waals surface area (Å²) in [5.41, 5.74) is 12.8. The van der Waals surface area contributed by atoms with E-state index in [0.717, 1.165) is 55.6 Å². The van der Waals surface area contributed by atoms with Crippen LogP contribution in [-0.2, 0) is 0 Å². The molecule has 0 unspecified atom stereocenters. The van der Waals surface area contributed by atoms with Crippen LogP contribution in [0, 0.1) is 13.7 Å². The highest BCUT2D eigenvalue weighted by Gasteiger charge is 2.22. The van der Waals surface area contributed by atoms with Crippen molar-refractivity contribution < 1.29 is 14.7 Å². The molecule has 4 heteroatoms. The number of para-hydroxylation sites is 2. The first-order valence-corrected chi connectivity index (χ1v) is 20.2. The average Bonchev–Trinajstić information content (AvgIpc) is 3.70. The standard InChI is InChI=1S/C56H49N3O/c1-35(2)43-28-44(36(3)4)30-46(29-43)41-23-24-52(38(6)27-41)59-53-17-12-16-49(55(53)58-56(59)50-15-10-11-18-54(50)60)47-31-45(39-13-8-7-9-14-39)32-48(33-47)51-34-42(25-26-57-51)40-21-19-37(5)20-22-40/h7-36,60H,1-6H3/i5D3,6D3,35D. The van der Waals surface area contributed by atoms with Crippen molar-refractivity contribution in [1.29, 1.82) is 0 Å². The van der Waals surface area contributed by atoms with Gasteiger partial charge in [-0.15, -0.1) is 0 Å². The summed E-state index contributed by atoms with van der Waals surface area (Å²) in [5.74, 6) is -0.310. The van der Waals surface area contributed by atoms with Crippen molar-refractivity contribution in [2.24, 2.45) is 0 Å². The number of fused-ring (bicyclic) bond motifs is 1. The molecule has 7 aromatic carbocycles. The van der Waals surface area contributed by atoms with Gasteiger partial charge in [0, 0.05) is 26.9 Å². The van der Waals surface area contributed by atoms with Gasteiger partial charge in [0.15, 0.2) is 0 Å². The molecule has 60 heavy (non-hydrogen) atoms. The highest BCUT2D eigenvalue weighted by atomic mass is 16.3. The van der Waals surface area contributed by atoms with Crippen LogP contribution < -0.4 is 0 Å². The van der Waals surface area contributed by atoms with E-state index in [1.165, 1.54) is 0 Å².